The average Bonchev–Trinajstić information content (AvgIpc) is 2.79. The molecule has 3 N–H and O–H groups in total. The van der Waals surface area contributed by atoms with Crippen molar-refractivity contribution in [3.8, 4) is 0 Å². The molecule has 1 heterocycles. The van der Waals surface area contributed by atoms with Crippen molar-refractivity contribution < 1.29 is 4.79 Å². The van der Waals surface area contributed by atoms with Gasteiger partial charge in [-0.3, -0.25) is 9.59 Å². The lowest BCUT2D eigenvalue weighted by molar-refractivity contribution is -0.115. The maximum atomic E-state index is 12.9. The van der Waals surface area contributed by atoms with E-state index in [4.69, 9.17) is 5.73 Å². The van der Waals surface area contributed by atoms with Crippen LogP contribution in [0.3, 0.4) is 0 Å². The summed E-state index contributed by atoms with van der Waals surface area (Å²) in [5, 5.41) is 4.99. The maximum Gasteiger partial charge on any atom is 0.275 e. The van der Waals surface area contributed by atoms with Crippen LogP contribution in [0.1, 0.15) is 12.5 Å². The lowest BCUT2D eigenvalue weighted by atomic mass is 10.1. The number of benzene rings is 3. The summed E-state index contributed by atoms with van der Waals surface area (Å²) < 4.78 is 1.79. The molecule has 0 aliphatic rings. The molecule has 32 heavy (non-hydrogen) atoms. The largest absolute Gasteiger partial charge is 0.385 e. The smallest absolute Gasteiger partial charge is 0.275 e. The van der Waals surface area contributed by atoms with E-state index >= 15 is 0 Å². The van der Waals surface area contributed by atoms with Gasteiger partial charge in [-0.25, -0.2) is 0 Å². The van der Waals surface area contributed by atoms with Crippen molar-refractivity contribution in [3.05, 3.63) is 94.8 Å². The van der Waals surface area contributed by atoms with Crippen LogP contribution in [-0.4, -0.2) is 20.7 Å². The molecule has 3 aromatic carbocycles. The number of thioether (sulfide) groups is 1. The molecular formula is C25H24N4O2S. The fourth-order valence-electron chi connectivity index (χ4n) is 3.48. The Morgan fingerprint density at radius 2 is 1.78 bits per heavy atom. The van der Waals surface area contributed by atoms with Gasteiger partial charge in [-0.2, -0.15) is 4.98 Å². The highest BCUT2D eigenvalue weighted by molar-refractivity contribution is 8.00. The van der Waals surface area contributed by atoms with Crippen molar-refractivity contribution in [3.63, 3.8) is 0 Å². The van der Waals surface area contributed by atoms with Crippen molar-refractivity contribution >= 4 is 39.9 Å². The van der Waals surface area contributed by atoms with Crippen LogP contribution in [0.2, 0.25) is 0 Å². The van der Waals surface area contributed by atoms with E-state index in [1.54, 1.807) is 11.5 Å². The quantitative estimate of drug-likeness (QED) is 0.327. The topological polar surface area (TPSA) is 90.0 Å². The molecular weight excluding hydrogens is 420 g/mol. The lowest BCUT2D eigenvalue weighted by Gasteiger charge is -2.18. The van der Waals surface area contributed by atoms with E-state index in [0.717, 1.165) is 28.4 Å². The van der Waals surface area contributed by atoms with Gasteiger partial charge in [0.05, 0.1) is 5.25 Å². The van der Waals surface area contributed by atoms with E-state index in [1.165, 1.54) is 17.8 Å². The molecule has 0 bridgehead atoms. The first-order valence-electron chi connectivity index (χ1n) is 10.4. The fraction of sp³-hybridized carbons (Fsp3) is 0.160. The van der Waals surface area contributed by atoms with Crippen LogP contribution in [-0.2, 0) is 17.8 Å². The van der Waals surface area contributed by atoms with Crippen LogP contribution in [0.25, 0.3) is 10.8 Å². The van der Waals surface area contributed by atoms with Gasteiger partial charge < -0.3 is 15.6 Å². The second-order valence-corrected chi connectivity index (χ2v) is 8.77. The van der Waals surface area contributed by atoms with Crippen molar-refractivity contribution in [1.82, 2.24) is 9.55 Å². The van der Waals surface area contributed by atoms with E-state index in [0.29, 0.717) is 17.5 Å². The zero-order valence-electron chi connectivity index (χ0n) is 17.7. The SMILES string of the molecule is C[C@@H](Sc1nc(=O)cc(N)n1CCc1ccccc1)C(=O)Nc1cccc2ccccc12. The predicted octanol–water partition coefficient (Wildman–Crippen LogP) is 4.34. The van der Waals surface area contributed by atoms with Crippen LogP contribution >= 0.6 is 11.8 Å². The van der Waals surface area contributed by atoms with Gasteiger partial charge in [-0.1, -0.05) is 78.5 Å². The van der Waals surface area contributed by atoms with E-state index in [-0.39, 0.29) is 5.91 Å². The third kappa shape index (κ3) is 5.00. The number of nitrogens with one attached hydrogen (secondary N) is 1. The van der Waals surface area contributed by atoms with Gasteiger partial charge in [0.1, 0.15) is 5.82 Å². The van der Waals surface area contributed by atoms with Gasteiger partial charge in [0.15, 0.2) is 5.16 Å². The first kappa shape index (κ1) is 21.6. The molecule has 162 valence electrons. The highest BCUT2D eigenvalue weighted by atomic mass is 32.2. The van der Waals surface area contributed by atoms with E-state index in [1.807, 2.05) is 72.8 Å². The van der Waals surface area contributed by atoms with Gasteiger partial charge in [0.25, 0.3) is 5.56 Å². The number of anilines is 2. The highest BCUT2D eigenvalue weighted by Crippen LogP contribution is 2.26. The molecule has 6 nitrogen and oxygen atoms in total. The summed E-state index contributed by atoms with van der Waals surface area (Å²) in [7, 11) is 0. The number of hydrogen-bond acceptors (Lipinski definition) is 5. The monoisotopic (exact) mass is 444 g/mol. The minimum Gasteiger partial charge on any atom is -0.385 e. The Labute approximate surface area is 190 Å². The Balaban J connectivity index is 1.52. The first-order chi connectivity index (χ1) is 15.5. The van der Waals surface area contributed by atoms with Gasteiger partial charge in [0, 0.05) is 23.7 Å². The molecule has 0 saturated heterocycles. The van der Waals surface area contributed by atoms with Crippen LogP contribution in [0.4, 0.5) is 11.5 Å². The minimum atomic E-state index is -0.481. The van der Waals surface area contributed by atoms with Crippen molar-refractivity contribution in [1.29, 1.82) is 0 Å². The molecule has 4 rings (SSSR count). The minimum absolute atomic E-state index is 0.169. The molecule has 0 radical (unpaired) electrons. The van der Waals surface area contributed by atoms with Crippen LogP contribution in [0, 0.1) is 0 Å². The Hall–Kier alpha value is -3.58. The number of carbonyl (C=O) groups excluding carboxylic acids is 1. The molecule has 1 aromatic heterocycles. The summed E-state index contributed by atoms with van der Waals surface area (Å²) in [4.78, 5) is 29.1. The number of fused-ring (bicyclic) bond motifs is 1. The van der Waals surface area contributed by atoms with Crippen molar-refractivity contribution in [2.24, 2.45) is 0 Å². The Morgan fingerprint density at radius 3 is 2.59 bits per heavy atom. The molecule has 0 fully saturated rings. The van der Waals surface area contributed by atoms with Crippen molar-refractivity contribution in [2.45, 2.75) is 30.3 Å². The molecule has 0 unspecified atom stereocenters. The molecule has 0 aliphatic heterocycles. The van der Waals surface area contributed by atoms with Gasteiger partial charge in [-0.15, -0.1) is 0 Å². The molecule has 0 spiro atoms. The summed E-state index contributed by atoms with van der Waals surface area (Å²) in [5.41, 5.74) is 7.63. The summed E-state index contributed by atoms with van der Waals surface area (Å²) in [6.45, 7) is 2.35. The summed E-state index contributed by atoms with van der Waals surface area (Å²) >= 11 is 1.23. The second-order valence-electron chi connectivity index (χ2n) is 7.47. The fourth-order valence-corrected chi connectivity index (χ4v) is 4.43. The summed E-state index contributed by atoms with van der Waals surface area (Å²) in [6.07, 6.45) is 0.736. The number of carbonyl (C=O) groups is 1. The number of rotatable bonds is 7. The number of nitrogens with zero attached hydrogens (tertiary/aromatic N) is 2. The summed E-state index contributed by atoms with van der Waals surface area (Å²) in [5.74, 6) is 0.169. The Kier molecular flexibility index (Phi) is 6.56. The highest BCUT2D eigenvalue weighted by Gasteiger charge is 2.19. The van der Waals surface area contributed by atoms with Gasteiger partial charge in [0.2, 0.25) is 5.91 Å². The van der Waals surface area contributed by atoms with Crippen LogP contribution in [0.15, 0.2) is 88.8 Å². The molecule has 0 saturated carbocycles. The molecule has 7 heteroatoms. The number of aryl methyl sites for hydroxylation is 1. The van der Waals surface area contributed by atoms with Gasteiger partial charge >= 0.3 is 0 Å². The average molecular weight is 445 g/mol. The number of nitrogens with two attached hydrogens (primary N) is 1. The number of amides is 1. The van der Waals surface area contributed by atoms with Crippen molar-refractivity contribution in [2.75, 3.05) is 11.1 Å². The third-order valence-corrected chi connectivity index (χ3v) is 6.28. The number of hydrogen-bond donors (Lipinski definition) is 2. The maximum absolute atomic E-state index is 12.9. The third-order valence-electron chi connectivity index (χ3n) is 5.19. The van der Waals surface area contributed by atoms with Crippen LogP contribution < -0.4 is 16.6 Å². The summed E-state index contributed by atoms with van der Waals surface area (Å²) in [6, 6.07) is 25.0. The zero-order chi connectivity index (χ0) is 22.5. The van der Waals surface area contributed by atoms with E-state index in [9.17, 15) is 9.59 Å². The number of aromatic nitrogens is 2. The second kappa shape index (κ2) is 9.70. The molecule has 0 aliphatic carbocycles. The normalized spacial score (nSPS) is 11.9. The number of nitrogen functional groups attached to an aromatic ring is 1. The zero-order valence-corrected chi connectivity index (χ0v) is 18.5. The standard InChI is InChI=1S/C25H24N4O2S/c1-17(24(31)27-21-13-7-11-19-10-5-6-12-20(19)21)32-25-28-23(30)16-22(26)29(25)15-14-18-8-3-2-4-9-18/h2-13,16-17H,14-15,26H2,1H3,(H,27,31)/t17-/m1/s1. The first-order valence-corrected chi connectivity index (χ1v) is 11.3. The molecule has 4 aromatic rings. The molecule has 1 atom stereocenters. The van der Waals surface area contributed by atoms with Crippen LogP contribution in [0.5, 0.6) is 0 Å². The Bertz CT molecular complexity index is 1300. The van der Waals surface area contributed by atoms with Gasteiger partial charge in [-0.05, 0) is 30.4 Å². The molecule has 1 amide bonds. The lowest BCUT2D eigenvalue weighted by Crippen LogP contribution is -2.25. The van der Waals surface area contributed by atoms with E-state index < -0.39 is 10.8 Å². The predicted molar refractivity (Wildman–Crippen MR) is 131 cm³/mol. The van der Waals surface area contributed by atoms with E-state index in [2.05, 4.69) is 10.3 Å². The Morgan fingerprint density at radius 1 is 1.06 bits per heavy atom.